The smallest absolute Gasteiger partial charge is 0.123 e. The van der Waals surface area contributed by atoms with Crippen molar-refractivity contribution in [3.05, 3.63) is 23.9 Å². The monoisotopic (exact) mass is 191 g/mol. The van der Waals surface area contributed by atoms with Crippen LogP contribution in [0.25, 0.3) is 0 Å². The molecule has 1 aromatic heterocycles. The number of nitrogens with two attached hydrogens (primary N) is 1. The van der Waals surface area contributed by atoms with Crippen LogP contribution < -0.4 is 5.73 Å². The van der Waals surface area contributed by atoms with Crippen LogP contribution in [0.5, 0.6) is 0 Å². The van der Waals surface area contributed by atoms with Crippen LogP contribution in [-0.4, -0.2) is 22.5 Å². The van der Waals surface area contributed by atoms with Crippen LogP contribution in [0.2, 0.25) is 0 Å². The van der Waals surface area contributed by atoms with Crippen molar-refractivity contribution in [3.8, 4) is 0 Å². The molecular formula is C11H17N3. The maximum atomic E-state index is 5.64. The van der Waals surface area contributed by atoms with E-state index in [0.29, 0.717) is 11.9 Å². The average molecular weight is 191 g/mol. The molecular weight excluding hydrogens is 174 g/mol. The van der Waals surface area contributed by atoms with Crippen molar-refractivity contribution >= 4 is 5.82 Å². The van der Waals surface area contributed by atoms with E-state index in [2.05, 4.69) is 16.8 Å². The van der Waals surface area contributed by atoms with Gasteiger partial charge in [0, 0.05) is 12.6 Å². The highest BCUT2D eigenvalue weighted by Gasteiger charge is 2.20. The summed E-state index contributed by atoms with van der Waals surface area (Å²) in [4.78, 5) is 6.77. The van der Waals surface area contributed by atoms with E-state index in [1.165, 1.54) is 19.4 Å². The molecule has 1 aliphatic heterocycles. The minimum absolute atomic E-state index is 0.620. The lowest BCUT2D eigenvalue weighted by molar-refractivity contribution is 0.257. The molecule has 1 aliphatic rings. The largest absolute Gasteiger partial charge is 0.384 e. The van der Waals surface area contributed by atoms with E-state index in [9.17, 15) is 0 Å². The lowest BCUT2D eigenvalue weighted by Gasteiger charge is -2.20. The molecule has 76 valence electrons. The molecule has 0 aromatic carbocycles. The molecule has 2 rings (SSSR count). The summed E-state index contributed by atoms with van der Waals surface area (Å²) in [6.07, 6.45) is 2.62. The summed E-state index contributed by atoms with van der Waals surface area (Å²) in [5.41, 5.74) is 6.72. The number of likely N-dealkylation sites (tertiary alicyclic amines) is 1. The summed E-state index contributed by atoms with van der Waals surface area (Å²) < 4.78 is 0. The van der Waals surface area contributed by atoms with Gasteiger partial charge in [0.15, 0.2) is 0 Å². The molecule has 2 N–H and O–H groups in total. The second kappa shape index (κ2) is 3.96. The van der Waals surface area contributed by atoms with Crippen molar-refractivity contribution in [2.75, 3.05) is 12.3 Å². The third-order valence-corrected chi connectivity index (χ3v) is 2.88. The maximum absolute atomic E-state index is 5.64. The zero-order valence-corrected chi connectivity index (χ0v) is 8.61. The average Bonchev–Trinajstić information content (AvgIpc) is 2.52. The molecule has 1 unspecified atom stereocenters. The first-order valence-electron chi connectivity index (χ1n) is 5.21. The molecule has 1 fully saturated rings. The Kier molecular flexibility index (Phi) is 2.68. The van der Waals surface area contributed by atoms with Crippen LogP contribution in [0.3, 0.4) is 0 Å². The molecule has 0 radical (unpaired) electrons. The summed E-state index contributed by atoms with van der Waals surface area (Å²) >= 11 is 0. The summed E-state index contributed by atoms with van der Waals surface area (Å²) in [6, 6.07) is 6.54. The van der Waals surface area contributed by atoms with Gasteiger partial charge < -0.3 is 5.73 Å². The Hall–Kier alpha value is -1.09. The van der Waals surface area contributed by atoms with Gasteiger partial charge in [-0.25, -0.2) is 4.98 Å². The van der Waals surface area contributed by atoms with Crippen LogP contribution >= 0.6 is 0 Å². The number of hydrogen-bond donors (Lipinski definition) is 1. The fraction of sp³-hybridized carbons (Fsp3) is 0.545. The van der Waals surface area contributed by atoms with E-state index in [4.69, 9.17) is 5.73 Å². The Morgan fingerprint density at radius 1 is 1.57 bits per heavy atom. The molecule has 1 aromatic rings. The summed E-state index contributed by atoms with van der Waals surface area (Å²) in [7, 11) is 0. The molecule has 1 atom stereocenters. The highest BCUT2D eigenvalue weighted by Crippen LogP contribution is 2.18. The van der Waals surface area contributed by atoms with E-state index in [0.717, 1.165) is 12.2 Å². The summed E-state index contributed by atoms with van der Waals surface area (Å²) in [5.74, 6) is 0.620. The Morgan fingerprint density at radius 2 is 2.43 bits per heavy atom. The van der Waals surface area contributed by atoms with Crippen molar-refractivity contribution in [3.63, 3.8) is 0 Å². The molecule has 0 amide bonds. The first kappa shape index (κ1) is 9.46. The number of rotatable bonds is 2. The van der Waals surface area contributed by atoms with Crippen LogP contribution in [0.1, 0.15) is 25.5 Å². The second-order valence-corrected chi connectivity index (χ2v) is 4.02. The van der Waals surface area contributed by atoms with E-state index in [1.54, 1.807) is 0 Å². The molecule has 0 spiro atoms. The zero-order chi connectivity index (χ0) is 9.97. The Morgan fingerprint density at radius 3 is 3.07 bits per heavy atom. The molecule has 3 heteroatoms. The molecule has 0 saturated carbocycles. The van der Waals surface area contributed by atoms with E-state index < -0.39 is 0 Å². The van der Waals surface area contributed by atoms with Crippen molar-refractivity contribution in [1.29, 1.82) is 0 Å². The molecule has 14 heavy (non-hydrogen) atoms. The van der Waals surface area contributed by atoms with Gasteiger partial charge in [0.1, 0.15) is 5.82 Å². The second-order valence-electron chi connectivity index (χ2n) is 4.02. The van der Waals surface area contributed by atoms with Gasteiger partial charge in [-0.05, 0) is 38.4 Å². The third-order valence-electron chi connectivity index (χ3n) is 2.88. The minimum Gasteiger partial charge on any atom is -0.384 e. The van der Waals surface area contributed by atoms with Crippen LogP contribution in [0, 0.1) is 0 Å². The summed E-state index contributed by atoms with van der Waals surface area (Å²) in [5, 5.41) is 0. The fourth-order valence-corrected chi connectivity index (χ4v) is 2.02. The number of anilines is 1. The van der Waals surface area contributed by atoms with Crippen LogP contribution in [-0.2, 0) is 6.54 Å². The fourth-order valence-electron chi connectivity index (χ4n) is 2.02. The van der Waals surface area contributed by atoms with E-state index >= 15 is 0 Å². The van der Waals surface area contributed by atoms with Crippen LogP contribution in [0.15, 0.2) is 18.2 Å². The first-order chi connectivity index (χ1) is 6.75. The maximum Gasteiger partial charge on any atom is 0.123 e. The van der Waals surface area contributed by atoms with E-state index in [-0.39, 0.29) is 0 Å². The van der Waals surface area contributed by atoms with Crippen molar-refractivity contribution in [1.82, 2.24) is 9.88 Å². The first-order valence-corrected chi connectivity index (χ1v) is 5.21. The number of nitrogens with zero attached hydrogens (tertiary/aromatic N) is 2. The predicted molar refractivity (Wildman–Crippen MR) is 57.8 cm³/mol. The zero-order valence-electron chi connectivity index (χ0n) is 8.61. The Bertz CT molecular complexity index is 311. The Labute approximate surface area is 84.9 Å². The number of aromatic nitrogens is 1. The van der Waals surface area contributed by atoms with Gasteiger partial charge in [0.2, 0.25) is 0 Å². The molecule has 0 bridgehead atoms. The minimum atomic E-state index is 0.620. The number of hydrogen-bond acceptors (Lipinski definition) is 3. The Balaban J connectivity index is 2.03. The van der Waals surface area contributed by atoms with Crippen molar-refractivity contribution < 1.29 is 0 Å². The van der Waals surface area contributed by atoms with Gasteiger partial charge in [-0.15, -0.1) is 0 Å². The number of pyridine rings is 1. The van der Waals surface area contributed by atoms with Gasteiger partial charge in [0.05, 0.1) is 5.69 Å². The normalized spacial score (nSPS) is 22.8. The lowest BCUT2D eigenvalue weighted by Crippen LogP contribution is -2.26. The van der Waals surface area contributed by atoms with Gasteiger partial charge in [-0.1, -0.05) is 6.07 Å². The van der Waals surface area contributed by atoms with Gasteiger partial charge >= 0.3 is 0 Å². The highest BCUT2D eigenvalue weighted by molar-refractivity contribution is 5.28. The standard InChI is InChI=1S/C11H17N3/c1-9-4-3-7-14(9)8-10-5-2-6-11(12)13-10/h2,5-6,9H,3-4,7-8H2,1H3,(H2,12,13). The SMILES string of the molecule is CC1CCCN1Cc1cccc(N)n1. The van der Waals surface area contributed by atoms with Gasteiger partial charge in [0.25, 0.3) is 0 Å². The lowest BCUT2D eigenvalue weighted by atomic mass is 10.2. The van der Waals surface area contributed by atoms with Crippen LogP contribution in [0.4, 0.5) is 5.82 Å². The molecule has 0 aliphatic carbocycles. The molecule has 3 nitrogen and oxygen atoms in total. The topological polar surface area (TPSA) is 42.1 Å². The summed E-state index contributed by atoms with van der Waals surface area (Å²) in [6.45, 7) is 4.41. The highest BCUT2D eigenvalue weighted by atomic mass is 15.2. The van der Waals surface area contributed by atoms with Gasteiger partial charge in [-0.3, -0.25) is 4.90 Å². The molecule has 2 heterocycles. The van der Waals surface area contributed by atoms with Crippen molar-refractivity contribution in [2.24, 2.45) is 0 Å². The molecule has 1 saturated heterocycles. The number of nitrogen functional groups attached to an aromatic ring is 1. The van der Waals surface area contributed by atoms with Crippen molar-refractivity contribution in [2.45, 2.75) is 32.4 Å². The quantitative estimate of drug-likeness (QED) is 0.773. The third kappa shape index (κ3) is 2.04. The van der Waals surface area contributed by atoms with Gasteiger partial charge in [-0.2, -0.15) is 0 Å². The predicted octanol–water partition coefficient (Wildman–Crippen LogP) is 1.65. The van der Waals surface area contributed by atoms with E-state index in [1.807, 2.05) is 18.2 Å².